The van der Waals surface area contributed by atoms with Crippen molar-refractivity contribution in [3.63, 3.8) is 0 Å². The Bertz CT molecular complexity index is 1140. The van der Waals surface area contributed by atoms with E-state index in [0.29, 0.717) is 19.5 Å². The molecular weight excluding hydrogens is 360 g/mol. The van der Waals surface area contributed by atoms with Gasteiger partial charge in [0.05, 0.1) is 42.7 Å². The summed E-state index contributed by atoms with van der Waals surface area (Å²) in [5, 5.41) is 0. The van der Waals surface area contributed by atoms with Crippen LogP contribution in [0.3, 0.4) is 0 Å². The first kappa shape index (κ1) is 17.7. The van der Waals surface area contributed by atoms with Crippen LogP contribution < -0.4 is 0 Å². The van der Waals surface area contributed by atoms with Crippen LogP contribution in [-0.2, 0) is 24.3 Å². The van der Waals surface area contributed by atoms with Crippen LogP contribution in [0.5, 0.6) is 0 Å². The Labute approximate surface area is 170 Å². The minimum atomic E-state index is 0.0166. The minimum Gasteiger partial charge on any atom is -0.330 e. The second-order valence-corrected chi connectivity index (χ2v) is 7.74. The Morgan fingerprint density at radius 2 is 1.90 bits per heavy atom. The molecule has 5 heteroatoms. The maximum absolute atomic E-state index is 12.9. The summed E-state index contributed by atoms with van der Waals surface area (Å²) in [7, 11) is 0. The minimum absolute atomic E-state index is 0.0166. The predicted molar refractivity (Wildman–Crippen MR) is 112 cm³/mol. The molecule has 0 radical (unpaired) electrons. The highest BCUT2D eigenvalue weighted by atomic mass is 16.2. The summed E-state index contributed by atoms with van der Waals surface area (Å²) in [5.41, 5.74) is 8.13. The first-order valence-corrected chi connectivity index (χ1v) is 9.94. The molecule has 0 bridgehead atoms. The second-order valence-electron chi connectivity index (χ2n) is 7.74. The fraction of sp³-hybridized carbons (Fsp3) is 0.250. The van der Waals surface area contributed by atoms with Gasteiger partial charge in [0.25, 0.3) is 0 Å². The Morgan fingerprint density at radius 1 is 1.07 bits per heavy atom. The number of hydrogen-bond acceptors (Lipinski definition) is 4. The van der Waals surface area contributed by atoms with E-state index in [1.807, 2.05) is 48.4 Å². The van der Waals surface area contributed by atoms with E-state index in [4.69, 9.17) is 9.98 Å². The van der Waals surface area contributed by atoms with E-state index in [-0.39, 0.29) is 11.9 Å². The molecule has 0 aliphatic carbocycles. The Morgan fingerprint density at radius 3 is 2.69 bits per heavy atom. The van der Waals surface area contributed by atoms with Crippen molar-refractivity contribution in [2.45, 2.75) is 39.4 Å². The lowest BCUT2D eigenvalue weighted by Gasteiger charge is -2.33. The highest BCUT2D eigenvalue weighted by molar-refractivity contribution is 6.14. The topological polar surface area (TPSA) is 58.5 Å². The van der Waals surface area contributed by atoms with Gasteiger partial charge in [-0.25, -0.2) is 4.98 Å². The molecule has 2 aromatic heterocycles. The number of fused-ring (bicyclic) bond motifs is 2. The number of aliphatic imine (C=N–C) groups is 1. The lowest BCUT2D eigenvalue weighted by atomic mass is 9.96. The van der Waals surface area contributed by atoms with Crippen LogP contribution in [0.2, 0.25) is 0 Å². The number of carbonyl (C=O) groups is 1. The van der Waals surface area contributed by atoms with Crippen molar-refractivity contribution in [2.75, 3.05) is 0 Å². The maximum Gasteiger partial charge on any atom is 0.227 e. The van der Waals surface area contributed by atoms with Crippen molar-refractivity contribution < 1.29 is 4.79 Å². The standard InChI is InChI=1S/C24H22N4O/c1-15-10-18(8-9-25-15)23-24-20(13-26-23)11-19-12-22(29)28(14-21(19)27-24)16(2)17-6-4-3-5-7-17/h3-11,16H,12-14H2,1-2H3/t16-/m1/s1. The van der Waals surface area contributed by atoms with Gasteiger partial charge in [-0.15, -0.1) is 0 Å². The summed E-state index contributed by atoms with van der Waals surface area (Å²) in [6, 6.07) is 16.3. The van der Waals surface area contributed by atoms with Crippen LogP contribution in [0.25, 0.3) is 0 Å². The van der Waals surface area contributed by atoms with E-state index in [0.717, 1.165) is 45.0 Å². The fourth-order valence-electron chi connectivity index (χ4n) is 4.19. The molecule has 29 heavy (non-hydrogen) atoms. The molecule has 0 fully saturated rings. The van der Waals surface area contributed by atoms with E-state index >= 15 is 0 Å². The summed E-state index contributed by atoms with van der Waals surface area (Å²) in [6.45, 7) is 5.21. The normalized spacial score (nSPS) is 16.3. The van der Waals surface area contributed by atoms with E-state index in [1.165, 1.54) is 0 Å². The summed E-state index contributed by atoms with van der Waals surface area (Å²) in [6.07, 6.45) is 2.21. The molecule has 3 aromatic rings. The van der Waals surface area contributed by atoms with Gasteiger partial charge in [-0.2, -0.15) is 0 Å². The zero-order valence-corrected chi connectivity index (χ0v) is 16.6. The lowest BCUT2D eigenvalue weighted by molar-refractivity contribution is -0.134. The molecule has 144 valence electrons. The highest BCUT2D eigenvalue weighted by Crippen LogP contribution is 2.31. The van der Waals surface area contributed by atoms with Gasteiger partial charge in [-0.1, -0.05) is 30.3 Å². The Hall–Kier alpha value is -3.34. The lowest BCUT2D eigenvalue weighted by Crippen LogP contribution is -2.38. The SMILES string of the molecule is Cc1cc(C2=NCc3cc4c(nc32)CN([C@H](C)c2ccccc2)C(=O)C4)ccn1. The van der Waals surface area contributed by atoms with Gasteiger partial charge in [0.1, 0.15) is 0 Å². The molecule has 4 heterocycles. The zero-order chi connectivity index (χ0) is 20.0. The van der Waals surface area contributed by atoms with Crippen LogP contribution in [0.1, 0.15) is 52.3 Å². The average Bonchev–Trinajstić information content (AvgIpc) is 3.14. The molecule has 0 unspecified atom stereocenters. The third kappa shape index (κ3) is 3.12. The molecular formula is C24H22N4O. The van der Waals surface area contributed by atoms with Crippen molar-refractivity contribution in [1.82, 2.24) is 14.9 Å². The molecule has 2 aliphatic rings. The average molecular weight is 382 g/mol. The number of aromatic nitrogens is 2. The fourth-order valence-corrected chi connectivity index (χ4v) is 4.19. The molecule has 1 amide bonds. The molecule has 0 saturated carbocycles. The summed E-state index contributed by atoms with van der Waals surface area (Å²) in [5.74, 6) is 0.152. The van der Waals surface area contributed by atoms with Crippen molar-refractivity contribution in [3.05, 3.63) is 94.1 Å². The quantitative estimate of drug-likeness (QED) is 0.693. The predicted octanol–water partition coefficient (Wildman–Crippen LogP) is 3.78. The summed E-state index contributed by atoms with van der Waals surface area (Å²) < 4.78 is 0. The molecule has 5 rings (SSSR count). The Balaban J connectivity index is 1.49. The Kier molecular flexibility index (Phi) is 4.23. The maximum atomic E-state index is 12.9. The largest absolute Gasteiger partial charge is 0.330 e. The number of pyridine rings is 2. The van der Waals surface area contributed by atoms with E-state index in [1.54, 1.807) is 0 Å². The van der Waals surface area contributed by atoms with Crippen LogP contribution in [0.15, 0.2) is 59.7 Å². The monoisotopic (exact) mass is 382 g/mol. The van der Waals surface area contributed by atoms with Gasteiger partial charge in [0.2, 0.25) is 5.91 Å². The number of benzene rings is 1. The van der Waals surface area contributed by atoms with Crippen molar-refractivity contribution in [3.8, 4) is 0 Å². The van der Waals surface area contributed by atoms with Crippen molar-refractivity contribution >= 4 is 11.6 Å². The summed E-state index contributed by atoms with van der Waals surface area (Å²) >= 11 is 0. The number of rotatable bonds is 3. The third-order valence-corrected chi connectivity index (χ3v) is 5.80. The molecule has 0 N–H and O–H groups in total. The molecule has 1 aromatic carbocycles. The second kappa shape index (κ2) is 6.92. The first-order valence-electron chi connectivity index (χ1n) is 9.94. The van der Waals surface area contributed by atoms with Crippen LogP contribution in [0.4, 0.5) is 0 Å². The molecule has 0 spiro atoms. The zero-order valence-electron chi connectivity index (χ0n) is 16.6. The molecule has 5 nitrogen and oxygen atoms in total. The third-order valence-electron chi connectivity index (χ3n) is 5.80. The van der Waals surface area contributed by atoms with Gasteiger partial charge in [-0.3, -0.25) is 14.8 Å². The van der Waals surface area contributed by atoms with Crippen LogP contribution >= 0.6 is 0 Å². The van der Waals surface area contributed by atoms with Crippen molar-refractivity contribution in [1.29, 1.82) is 0 Å². The summed E-state index contributed by atoms with van der Waals surface area (Å²) in [4.78, 5) is 28.8. The van der Waals surface area contributed by atoms with Crippen LogP contribution in [-0.4, -0.2) is 26.5 Å². The van der Waals surface area contributed by atoms with E-state index < -0.39 is 0 Å². The van der Waals surface area contributed by atoms with E-state index in [9.17, 15) is 4.79 Å². The molecule has 1 atom stereocenters. The van der Waals surface area contributed by atoms with Crippen molar-refractivity contribution in [2.24, 2.45) is 4.99 Å². The van der Waals surface area contributed by atoms with Crippen LogP contribution in [0, 0.1) is 6.92 Å². The first-order chi connectivity index (χ1) is 14.1. The number of carbonyl (C=O) groups excluding carboxylic acids is 1. The van der Waals surface area contributed by atoms with Gasteiger partial charge in [-0.05, 0) is 43.2 Å². The van der Waals surface area contributed by atoms with Gasteiger partial charge >= 0.3 is 0 Å². The smallest absolute Gasteiger partial charge is 0.227 e. The number of hydrogen-bond donors (Lipinski definition) is 0. The number of aryl methyl sites for hydroxylation is 1. The molecule has 0 saturated heterocycles. The van der Waals surface area contributed by atoms with Gasteiger partial charge in [0, 0.05) is 23.0 Å². The molecule has 2 aliphatic heterocycles. The van der Waals surface area contributed by atoms with Gasteiger partial charge < -0.3 is 4.90 Å². The number of nitrogens with zero attached hydrogens (tertiary/aromatic N) is 4. The van der Waals surface area contributed by atoms with Gasteiger partial charge in [0.15, 0.2) is 0 Å². The highest BCUT2D eigenvalue weighted by Gasteiger charge is 2.31. The van der Waals surface area contributed by atoms with E-state index in [2.05, 4.69) is 30.1 Å². The number of amides is 1.